The monoisotopic (exact) mass is 421 g/mol. The Morgan fingerprint density at radius 3 is 2.70 bits per heavy atom. The third kappa shape index (κ3) is 4.62. The van der Waals surface area contributed by atoms with Crippen LogP contribution >= 0.6 is 0 Å². The zero-order valence-electron chi connectivity index (χ0n) is 17.1. The molecule has 0 aromatic heterocycles. The van der Waals surface area contributed by atoms with Gasteiger partial charge in [-0.25, -0.2) is 19.2 Å². The van der Waals surface area contributed by atoms with E-state index in [4.69, 9.17) is 4.74 Å². The number of hydrogen-bond acceptors (Lipinski definition) is 6. The number of benzene rings is 1. The second-order valence-electron chi connectivity index (χ2n) is 7.93. The minimum Gasteiger partial charge on any atom is -0.441 e. The fraction of sp³-hybridized carbons (Fsp3) is 0.571. The van der Waals surface area contributed by atoms with Gasteiger partial charge in [0.05, 0.1) is 19.2 Å². The Morgan fingerprint density at radius 2 is 2.10 bits per heavy atom. The van der Waals surface area contributed by atoms with Gasteiger partial charge < -0.3 is 20.0 Å². The maximum absolute atomic E-state index is 15.0. The summed E-state index contributed by atoms with van der Waals surface area (Å²) in [5.41, 5.74) is 0.811. The number of hydrogen-bond donors (Lipinski definition) is 2. The van der Waals surface area contributed by atoms with Gasteiger partial charge in [-0.2, -0.15) is 0 Å². The summed E-state index contributed by atoms with van der Waals surface area (Å²) in [5, 5.41) is 16.0. The molecule has 1 aromatic carbocycles. The molecule has 1 aromatic rings. The molecule has 5 unspecified atom stereocenters. The Bertz CT molecular complexity index is 764. The largest absolute Gasteiger partial charge is 0.441 e. The minimum atomic E-state index is -1.41. The maximum atomic E-state index is 15.0. The number of cyclic esters (lactones) is 1. The van der Waals surface area contributed by atoms with Crippen LogP contribution in [-0.2, 0) is 14.3 Å². The number of aliphatic hydroxyl groups excluding tert-OH is 1. The van der Waals surface area contributed by atoms with Gasteiger partial charge in [-0.3, -0.25) is 4.79 Å². The van der Waals surface area contributed by atoms with Crippen LogP contribution in [0.25, 0.3) is 0 Å². The van der Waals surface area contributed by atoms with Crippen molar-refractivity contribution in [3.63, 3.8) is 0 Å². The van der Waals surface area contributed by atoms with E-state index in [1.54, 1.807) is 11.9 Å². The summed E-state index contributed by atoms with van der Waals surface area (Å²) in [6.07, 6.45) is -2.79. The standard InChI is InChI=1S/C21H28FN3O5/c1-13(12-26)20(28)16-8-9-24(11-17(16)22)25-19(15-6-4-3-5-7-15)18(30-21(25)29)10-23-14(2)27/h3-7,12-13,16-20,28H,8-11H2,1-2H3,(H,23,27)/t13?,16?,17?,18-,19?,20?/m0/s1. The number of aldehydes is 1. The predicted molar refractivity (Wildman–Crippen MR) is 106 cm³/mol. The molecular weight excluding hydrogens is 393 g/mol. The predicted octanol–water partition coefficient (Wildman–Crippen LogP) is 1.46. The second-order valence-corrected chi connectivity index (χ2v) is 7.93. The van der Waals surface area contributed by atoms with Crippen LogP contribution in [0, 0.1) is 11.8 Å². The van der Waals surface area contributed by atoms with Gasteiger partial charge >= 0.3 is 6.09 Å². The Hall–Kier alpha value is -2.52. The molecule has 2 aliphatic heterocycles. The summed E-state index contributed by atoms with van der Waals surface area (Å²) < 4.78 is 20.5. The van der Waals surface area contributed by atoms with Crippen molar-refractivity contribution in [1.29, 1.82) is 0 Å². The maximum Gasteiger partial charge on any atom is 0.425 e. The van der Waals surface area contributed by atoms with Gasteiger partial charge in [0.2, 0.25) is 5.91 Å². The molecule has 2 heterocycles. The fourth-order valence-corrected chi connectivity index (χ4v) is 4.17. The summed E-state index contributed by atoms with van der Waals surface area (Å²) in [5.74, 6) is -1.57. The zero-order valence-corrected chi connectivity index (χ0v) is 17.1. The smallest absolute Gasteiger partial charge is 0.425 e. The third-order valence-corrected chi connectivity index (χ3v) is 5.82. The van der Waals surface area contributed by atoms with Crippen molar-refractivity contribution >= 4 is 18.3 Å². The summed E-state index contributed by atoms with van der Waals surface area (Å²) in [6.45, 7) is 3.32. The lowest BCUT2D eigenvalue weighted by Gasteiger charge is -2.42. The van der Waals surface area contributed by atoms with Crippen molar-refractivity contribution < 1.29 is 28.6 Å². The number of carbonyl (C=O) groups is 3. The van der Waals surface area contributed by atoms with E-state index in [1.807, 2.05) is 30.3 Å². The number of piperidine rings is 1. The van der Waals surface area contributed by atoms with E-state index in [2.05, 4.69) is 5.32 Å². The first-order chi connectivity index (χ1) is 14.3. The van der Waals surface area contributed by atoms with Crippen LogP contribution in [0.2, 0.25) is 0 Å². The van der Waals surface area contributed by atoms with E-state index >= 15 is 0 Å². The van der Waals surface area contributed by atoms with Crippen LogP contribution in [0.3, 0.4) is 0 Å². The molecule has 0 aliphatic carbocycles. The highest BCUT2D eigenvalue weighted by molar-refractivity contribution is 5.73. The number of rotatable bonds is 7. The highest BCUT2D eigenvalue weighted by atomic mass is 19.1. The highest BCUT2D eigenvalue weighted by Crippen LogP contribution is 2.37. The lowest BCUT2D eigenvalue weighted by Crippen LogP contribution is -2.55. The van der Waals surface area contributed by atoms with E-state index < -0.39 is 42.4 Å². The number of ether oxygens (including phenoxy) is 1. The van der Waals surface area contributed by atoms with Crippen molar-refractivity contribution in [3.8, 4) is 0 Å². The molecule has 3 rings (SSSR count). The zero-order chi connectivity index (χ0) is 21.8. The van der Waals surface area contributed by atoms with Crippen LogP contribution < -0.4 is 5.32 Å². The van der Waals surface area contributed by atoms with E-state index in [0.717, 1.165) is 5.56 Å². The first-order valence-corrected chi connectivity index (χ1v) is 10.1. The van der Waals surface area contributed by atoms with E-state index in [-0.39, 0.29) is 19.0 Å². The molecule has 6 atom stereocenters. The van der Waals surface area contributed by atoms with Gasteiger partial charge in [-0.1, -0.05) is 37.3 Å². The van der Waals surface area contributed by atoms with E-state index in [9.17, 15) is 23.9 Å². The molecule has 0 radical (unpaired) electrons. The van der Waals surface area contributed by atoms with Crippen molar-refractivity contribution in [2.75, 3.05) is 19.6 Å². The molecule has 2 saturated heterocycles. The van der Waals surface area contributed by atoms with Crippen molar-refractivity contribution in [2.24, 2.45) is 11.8 Å². The van der Waals surface area contributed by atoms with E-state index in [1.165, 1.54) is 11.9 Å². The van der Waals surface area contributed by atoms with Gasteiger partial charge in [0.1, 0.15) is 24.6 Å². The third-order valence-electron chi connectivity index (χ3n) is 5.82. The summed E-state index contributed by atoms with van der Waals surface area (Å²) in [6, 6.07) is 8.73. The van der Waals surface area contributed by atoms with Crippen LogP contribution in [0.5, 0.6) is 0 Å². The molecule has 2 N–H and O–H groups in total. The SMILES string of the molecule is CC(=O)NC[C@@H]1OC(=O)N(N2CCC(C(O)C(C)C=O)C(F)C2)C1c1ccccc1. The molecule has 2 aliphatic rings. The number of carbonyl (C=O) groups excluding carboxylic acids is 3. The average molecular weight is 421 g/mol. The Kier molecular flexibility index (Phi) is 7.04. The number of halogens is 1. The van der Waals surface area contributed by atoms with Crippen molar-refractivity contribution in [2.45, 2.75) is 44.7 Å². The van der Waals surface area contributed by atoms with Gasteiger partial charge in [-0.15, -0.1) is 0 Å². The molecule has 8 nitrogen and oxygen atoms in total. The Morgan fingerprint density at radius 1 is 1.40 bits per heavy atom. The number of alkyl halides is 1. The molecule has 9 heteroatoms. The van der Waals surface area contributed by atoms with Gasteiger partial charge in [0, 0.05) is 25.3 Å². The normalized spacial score (nSPS) is 29.2. The van der Waals surface area contributed by atoms with E-state index in [0.29, 0.717) is 19.3 Å². The Balaban J connectivity index is 1.80. The number of amides is 2. The van der Waals surface area contributed by atoms with Crippen LogP contribution in [0.4, 0.5) is 9.18 Å². The van der Waals surface area contributed by atoms with Gasteiger partial charge in [-0.05, 0) is 12.0 Å². The number of hydrazine groups is 1. The van der Waals surface area contributed by atoms with Gasteiger partial charge in [0.15, 0.2) is 0 Å². The highest BCUT2D eigenvalue weighted by Gasteiger charge is 2.48. The number of aliphatic hydroxyl groups is 1. The van der Waals surface area contributed by atoms with Crippen LogP contribution in [0.15, 0.2) is 30.3 Å². The van der Waals surface area contributed by atoms with Crippen molar-refractivity contribution in [3.05, 3.63) is 35.9 Å². The molecule has 0 bridgehead atoms. The minimum absolute atomic E-state index is 0.0986. The topological polar surface area (TPSA) is 99.2 Å². The van der Waals surface area contributed by atoms with Crippen LogP contribution in [-0.4, -0.2) is 71.4 Å². The lowest BCUT2D eigenvalue weighted by atomic mass is 9.84. The van der Waals surface area contributed by atoms with Crippen molar-refractivity contribution in [1.82, 2.24) is 15.3 Å². The molecular formula is C21H28FN3O5. The van der Waals surface area contributed by atoms with Crippen LogP contribution in [0.1, 0.15) is 31.9 Å². The molecule has 2 fully saturated rings. The Labute approximate surface area is 174 Å². The second kappa shape index (κ2) is 9.53. The summed E-state index contributed by atoms with van der Waals surface area (Å²) in [7, 11) is 0. The lowest BCUT2D eigenvalue weighted by molar-refractivity contribution is -0.119. The first kappa shape index (κ1) is 22.2. The molecule has 30 heavy (non-hydrogen) atoms. The summed E-state index contributed by atoms with van der Waals surface area (Å²) in [4.78, 5) is 35.0. The quantitative estimate of drug-likeness (QED) is 0.647. The molecule has 0 saturated carbocycles. The molecule has 0 spiro atoms. The number of nitrogens with one attached hydrogen (secondary N) is 1. The van der Waals surface area contributed by atoms with Gasteiger partial charge in [0.25, 0.3) is 0 Å². The fourth-order valence-electron chi connectivity index (χ4n) is 4.17. The summed E-state index contributed by atoms with van der Waals surface area (Å²) >= 11 is 0. The molecule has 164 valence electrons. The average Bonchev–Trinajstić information content (AvgIpc) is 3.07. The number of nitrogens with zero attached hydrogens (tertiary/aromatic N) is 2. The molecule has 2 amide bonds. The first-order valence-electron chi connectivity index (χ1n) is 10.1.